The molecule has 0 N–H and O–H groups in total. The Labute approximate surface area is 284 Å². The molecule has 7 aromatic rings. The molecule has 0 radical (unpaired) electrons. The van der Waals surface area contributed by atoms with Crippen LogP contribution in [0, 0.1) is 0 Å². The average Bonchev–Trinajstić information content (AvgIpc) is 3.17. The molecule has 0 aliphatic heterocycles. The molecule has 230 valence electrons. The summed E-state index contributed by atoms with van der Waals surface area (Å²) in [6, 6.07) is 76.5. The summed E-state index contributed by atoms with van der Waals surface area (Å²) in [5.41, 5.74) is 0. The quantitative estimate of drug-likeness (QED) is 0.129. The average molecular weight is 661 g/mol. The van der Waals surface area contributed by atoms with E-state index in [9.17, 15) is 0 Å². The van der Waals surface area contributed by atoms with E-state index in [1.807, 2.05) is 0 Å². The van der Waals surface area contributed by atoms with Crippen LogP contribution >= 0.6 is 23.8 Å². The minimum Gasteiger partial charge on any atom is -0.0622 e. The molecule has 7 aromatic carbocycles. The second-order valence-corrected chi connectivity index (χ2v) is 17.9. The van der Waals surface area contributed by atoms with Gasteiger partial charge in [0.15, 0.2) is 0 Å². The molecule has 0 aliphatic rings. The lowest BCUT2D eigenvalue weighted by atomic mass is 10.4. The van der Waals surface area contributed by atoms with Crippen molar-refractivity contribution >= 4 is 60.9 Å². The van der Waals surface area contributed by atoms with E-state index in [4.69, 9.17) is 0 Å². The summed E-state index contributed by atoms with van der Waals surface area (Å²) in [6.45, 7) is 0. The lowest BCUT2D eigenvalue weighted by Crippen LogP contribution is -2.20. The zero-order chi connectivity index (χ0) is 31.9. The molecule has 0 heterocycles. The molecule has 0 spiro atoms. The number of hydrogen-bond acceptors (Lipinski definition) is 0. The van der Waals surface area contributed by atoms with Gasteiger partial charge in [-0.3, -0.25) is 0 Å². The molecule has 0 fully saturated rings. The minimum absolute atomic E-state index is 0.348. The van der Waals surface area contributed by atoms with E-state index in [1.165, 1.54) is 49.5 Å². The normalized spacial score (nSPS) is 10.9. The van der Waals surface area contributed by atoms with Crippen molar-refractivity contribution < 1.29 is 0 Å². The fourth-order valence-corrected chi connectivity index (χ4v) is 13.3. The van der Waals surface area contributed by atoms with Crippen molar-refractivity contribution in [3.63, 3.8) is 0 Å². The van der Waals surface area contributed by atoms with E-state index in [2.05, 4.69) is 212 Å². The topological polar surface area (TPSA) is 0 Å². The number of hydrogen-bond donors (Lipinski definition) is 0. The van der Waals surface area contributed by atoms with Gasteiger partial charge in [-0.1, -0.05) is 212 Å². The maximum Gasteiger partial charge on any atom is -0.0134 e. The highest BCUT2D eigenvalue weighted by Crippen LogP contribution is 2.41. The van der Waals surface area contributed by atoms with Crippen molar-refractivity contribution in [1.29, 1.82) is 0 Å². The molecule has 0 unspecified atom stereocenters. The predicted octanol–water partition coefficient (Wildman–Crippen LogP) is 8.70. The fourth-order valence-electron chi connectivity index (χ4n) is 5.62. The third kappa shape index (κ3) is 9.22. The van der Waals surface area contributed by atoms with Gasteiger partial charge in [0.05, 0.1) is 0 Å². The second kappa shape index (κ2) is 17.7. The highest BCUT2D eigenvalue weighted by molar-refractivity contribution is 7.79. The monoisotopic (exact) mass is 660 g/mol. The van der Waals surface area contributed by atoms with Crippen LogP contribution in [-0.4, -0.2) is 12.3 Å². The van der Waals surface area contributed by atoms with E-state index in [1.54, 1.807) is 0 Å². The Bertz CT molecular complexity index is 1590. The molecule has 0 saturated heterocycles. The molecule has 0 aliphatic carbocycles. The molecular formula is C44H39P3. The van der Waals surface area contributed by atoms with Crippen LogP contribution in [0.2, 0.25) is 0 Å². The first-order valence-corrected chi connectivity index (χ1v) is 20.5. The molecule has 0 atom stereocenters. The third-order valence-electron chi connectivity index (χ3n) is 7.86. The van der Waals surface area contributed by atoms with Gasteiger partial charge in [-0.15, -0.1) is 0 Å². The zero-order valence-corrected chi connectivity index (χ0v) is 29.1. The van der Waals surface area contributed by atoms with Gasteiger partial charge in [0, 0.05) is 0 Å². The summed E-state index contributed by atoms with van der Waals surface area (Å²) >= 11 is 0. The van der Waals surface area contributed by atoms with E-state index >= 15 is 0 Å². The third-order valence-corrected chi connectivity index (χ3v) is 15.7. The Balaban J connectivity index is 0.000000177. The van der Waals surface area contributed by atoms with Crippen molar-refractivity contribution in [2.24, 2.45) is 0 Å². The van der Waals surface area contributed by atoms with E-state index in [0.717, 1.165) is 0 Å². The SMILES string of the molecule is c1ccc(P(CCP(c2ccccc2)c2ccccc2)c2ccccc2)cc1.c1ccc(P(c2ccccc2)c2ccccc2)cc1. The van der Waals surface area contributed by atoms with Crippen LogP contribution in [0.25, 0.3) is 0 Å². The molecule has 3 heteroatoms. The van der Waals surface area contributed by atoms with Gasteiger partial charge in [-0.05, 0) is 73.2 Å². The highest BCUT2D eigenvalue weighted by atomic mass is 31.1. The van der Waals surface area contributed by atoms with Gasteiger partial charge in [-0.2, -0.15) is 0 Å². The molecule has 0 saturated carbocycles. The highest BCUT2D eigenvalue weighted by Gasteiger charge is 2.19. The number of rotatable bonds is 10. The maximum absolute atomic E-state index is 2.30. The Hall–Kier alpha value is -4.17. The van der Waals surface area contributed by atoms with Crippen LogP contribution in [0.3, 0.4) is 0 Å². The Morgan fingerprint density at radius 3 is 0.574 bits per heavy atom. The van der Waals surface area contributed by atoms with Gasteiger partial charge in [0.1, 0.15) is 0 Å². The molecule has 47 heavy (non-hydrogen) atoms. The van der Waals surface area contributed by atoms with Crippen molar-refractivity contribution in [1.82, 2.24) is 0 Å². The number of benzene rings is 7. The van der Waals surface area contributed by atoms with Crippen molar-refractivity contribution in [2.75, 3.05) is 12.3 Å². The predicted molar refractivity (Wildman–Crippen MR) is 213 cm³/mol. The van der Waals surface area contributed by atoms with Gasteiger partial charge < -0.3 is 0 Å². The van der Waals surface area contributed by atoms with Gasteiger partial charge in [-0.25, -0.2) is 0 Å². The fraction of sp³-hybridized carbons (Fsp3) is 0.0455. The van der Waals surface area contributed by atoms with E-state index < -0.39 is 7.92 Å². The first-order chi connectivity index (χ1) is 23.4. The van der Waals surface area contributed by atoms with Crippen LogP contribution in [0.1, 0.15) is 0 Å². The summed E-state index contributed by atoms with van der Waals surface area (Å²) in [5.74, 6) is 0. The Morgan fingerprint density at radius 1 is 0.213 bits per heavy atom. The summed E-state index contributed by atoms with van der Waals surface area (Å²) in [6.07, 6.45) is 2.41. The minimum atomic E-state index is -0.446. The van der Waals surface area contributed by atoms with Crippen LogP contribution in [0.15, 0.2) is 212 Å². The molecular weight excluding hydrogens is 621 g/mol. The molecule has 0 amide bonds. The molecule has 7 rings (SSSR count). The summed E-state index contributed by atoms with van der Waals surface area (Å²) in [4.78, 5) is 0. The smallest absolute Gasteiger partial charge is 0.0134 e. The summed E-state index contributed by atoms with van der Waals surface area (Å²) in [5, 5.41) is 10.1. The maximum atomic E-state index is 2.30. The zero-order valence-electron chi connectivity index (χ0n) is 26.5. The van der Waals surface area contributed by atoms with Gasteiger partial charge in [0.25, 0.3) is 0 Å². The first kappa shape index (κ1) is 32.8. The lowest BCUT2D eigenvalue weighted by molar-refractivity contribution is 1.51. The van der Waals surface area contributed by atoms with Crippen LogP contribution in [0.5, 0.6) is 0 Å². The van der Waals surface area contributed by atoms with Gasteiger partial charge >= 0.3 is 0 Å². The van der Waals surface area contributed by atoms with Crippen LogP contribution in [-0.2, 0) is 0 Å². The summed E-state index contributed by atoms with van der Waals surface area (Å²) in [7, 11) is -1.14. The lowest BCUT2D eigenvalue weighted by Gasteiger charge is -2.24. The molecule has 0 nitrogen and oxygen atoms in total. The molecule has 0 bridgehead atoms. The Kier molecular flexibility index (Phi) is 12.3. The first-order valence-electron chi connectivity index (χ1n) is 16.1. The summed E-state index contributed by atoms with van der Waals surface area (Å²) < 4.78 is 0. The van der Waals surface area contributed by atoms with Crippen molar-refractivity contribution in [2.45, 2.75) is 0 Å². The largest absolute Gasteiger partial charge is 0.0622 e. The standard InChI is InChI=1S/C26H24P2.C18H15P/c1-5-13-23(14-6-1)27(24-15-7-2-8-16-24)21-22-28(25-17-9-3-10-18-25)26-19-11-4-12-20-26;1-4-10-16(11-5-1)19(17-12-6-2-7-13-17)18-14-8-3-9-15-18/h1-20H,21-22H2;1-15H. The van der Waals surface area contributed by atoms with Crippen molar-refractivity contribution in [3.05, 3.63) is 212 Å². The second-order valence-electron chi connectivity index (χ2n) is 11.0. The van der Waals surface area contributed by atoms with Crippen molar-refractivity contribution in [3.8, 4) is 0 Å². The van der Waals surface area contributed by atoms with E-state index in [-0.39, 0.29) is 15.8 Å². The van der Waals surface area contributed by atoms with Crippen LogP contribution in [0.4, 0.5) is 0 Å². The van der Waals surface area contributed by atoms with Gasteiger partial charge in [0.2, 0.25) is 0 Å². The van der Waals surface area contributed by atoms with E-state index in [0.29, 0.717) is 0 Å². The Morgan fingerprint density at radius 2 is 0.383 bits per heavy atom. The molecule has 0 aromatic heterocycles. The van der Waals surface area contributed by atoms with Crippen LogP contribution < -0.4 is 37.1 Å².